The fourth-order valence-electron chi connectivity index (χ4n) is 1.15. The SMILES string of the molecule is CC(=O)NCCNS(=O)(=O)c1ccc(N)cc1. The van der Waals surface area contributed by atoms with Gasteiger partial charge in [-0.05, 0) is 24.3 Å². The van der Waals surface area contributed by atoms with Gasteiger partial charge in [0.25, 0.3) is 0 Å². The standard InChI is InChI=1S/C10H15N3O3S/c1-8(14)12-6-7-13-17(15,16)10-4-2-9(11)3-5-10/h2-5,13H,6-7,11H2,1H3,(H,12,14). The molecule has 0 unspecified atom stereocenters. The summed E-state index contributed by atoms with van der Waals surface area (Å²) in [5, 5.41) is 2.49. The lowest BCUT2D eigenvalue weighted by molar-refractivity contribution is -0.118. The summed E-state index contributed by atoms with van der Waals surface area (Å²) in [6.45, 7) is 1.77. The predicted octanol–water partition coefficient (Wildman–Crippen LogP) is -0.317. The molecule has 17 heavy (non-hydrogen) atoms. The van der Waals surface area contributed by atoms with Crippen molar-refractivity contribution in [2.24, 2.45) is 0 Å². The molecule has 0 fully saturated rings. The highest BCUT2D eigenvalue weighted by atomic mass is 32.2. The number of nitrogen functional groups attached to an aromatic ring is 1. The normalized spacial score (nSPS) is 11.1. The molecule has 0 atom stereocenters. The molecule has 0 aliphatic rings. The molecule has 0 saturated carbocycles. The van der Waals surface area contributed by atoms with Crippen LogP contribution in [0, 0.1) is 0 Å². The van der Waals surface area contributed by atoms with Crippen LogP contribution in [0.4, 0.5) is 5.69 Å². The van der Waals surface area contributed by atoms with Crippen molar-refractivity contribution in [2.45, 2.75) is 11.8 Å². The minimum Gasteiger partial charge on any atom is -0.399 e. The van der Waals surface area contributed by atoms with Crippen LogP contribution in [0.3, 0.4) is 0 Å². The van der Waals surface area contributed by atoms with E-state index < -0.39 is 10.0 Å². The van der Waals surface area contributed by atoms with E-state index >= 15 is 0 Å². The number of benzene rings is 1. The molecular weight excluding hydrogens is 242 g/mol. The lowest BCUT2D eigenvalue weighted by Crippen LogP contribution is -2.33. The van der Waals surface area contributed by atoms with Crippen molar-refractivity contribution in [3.05, 3.63) is 24.3 Å². The molecule has 0 aromatic heterocycles. The number of rotatable bonds is 5. The van der Waals surface area contributed by atoms with Crippen LogP contribution in [-0.2, 0) is 14.8 Å². The van der Waals surface area contributed by atoms with E-state index in [1.165, 1.54) is 31.2 Å². The zero-order chi connectivity index (χ0) is 12.9. The molecule has 94 valence electrons. The summed E-state index contributed by atoms with van der Waals surface area (Å²) in [4.78, 5) is 10.7. The largest absolute Gasteiger partial charge is 0.399 e. The average molecular weight is 257 g/mol. The van der Waals surface area contributed by atoms with Crippen LogP contribution in [0.5, 0.6) is 0 Å². The van der Waals surface area contributed by atoms with Gasteiger partial charge in [0.15, 0.2) is 0 Å². The fraction of sp³-hybridized carbons (Fsp3) is 0.300. The van der Waals surface area contributed by atoms with Crippen LogP contribution < -0.4 is 15.8 Å². The molecule has 6 nitrogen and oxygen atoms in total. The van der Waals surface area contributed by atoms with Crippen molar-refractivity contribution in [1.29, 1.82) is 0 Å². The molecule has 0 radical (unpaired) electrons. The van der Waals surface area contributed by atoms with E-state index in [9.17, 15) is 13.2 Å². The number of nitrogens with two attached hydrogens (primary N) is 1. The van der Waals surface area contributed by atoms with Crippen molar-refractivity contribution >= 4 is 21.6 Å². The van der Waals surface area contributed by atoms with E-state index in [2.05, 4.69) is 10.0 Å². The number of hydrogen-bond acceptors (Lipinski definition) is 4. The maximum atomic E-state index is 11.7. The molecule has 1 amide bonds. The number of carbonyl (C=O) groups is 1. The Balaban J connectivity index is 2.57. The van der Waals surface area contributed by atoms with Gasteiger partial charge in [0, 0.05) is 25.7 Å². The number of hydrogen-bond donors (Lipinski definition) is 3. The third kappa shape index (κ3) is 4.41. The monoisotopic (exact) mass is 257 g/mol. The third-order valence-corrected chi connectivity index (χ3v) is 3.46. The maximum absolute atomic E-state index is 11.7. The number of nitrogens with one attached hydrogen (secondary N) is 2. The van der Waals surface area contributed by atoms with Crippen molar-refractivity contribution in [3.63, 3.8) is 0 Å². The molecule has 0 aliphatic carbocycles. The molecular formula is C10H15N3O3S. The molecule has 7 heteroatoms. The van der Waals surface area contributed by atoms with Crippen LogP contribution in [0.2, 0.25) is 0 Å². The minimum absolute atomic E-state index is 0.145. The average Bonchev–Trinajstić information content (AvgIpc) is 2.25. The molecule has 1 aromatic carbocycles. The van der Waals surface area contributed by atoms with E-state index in [-0.39, 0.29) is 23.9 Å². The Morgan fingerprint density at radius 2 is 1.82 bits per heavy atom. The number of sulfonamides is 1. The Morgan fingerprint density at radius 1 is 1.24 bits per heavy atom. The van der Waals surface area contributed by atoms with Gasteiger partial charge in [0.2, 0.25) is 15.9 Å². The highest BCUT2D eigenvalue weighted by Gasteiger charge is 2.12. The van der Waals surface area contributed by atoms with Crippen LogP contribution in [0.25, 0.3) is 0 Å². The first kappa shape index (κ1) is 13.5. The van der Waals surface area contributed by atoms with Crippen LogP contribution in [0.1, 0.15) is 6.92 Å². The first-order valence-electron chi connectivity index (χ1n) is 5.01. The van der Waals surface area contributed by atoms with E-state index in [1.54, 1.807) is 0 Å². The van der Waals surface area contributed by atoms with Crippen LogP contribution in [0.15, 0.2) is 29.2 Å². The molecule has 0 spiro atoms. The molecule has 1 aromatic rings. The van der Waals surface area contributed by atoms with Crippen LogP contribution in [-0.4, -0.2) is 27.4 Å². The van der Waals surface area contributed by atoms with Gasteiger partial charge in [-0.2, -0.15) is 0 Å². The Bertz CT molecular complexity index is 482. The zero-order valence-corrected chi connectivity index (χ0v) is 10.3. The van der Waals surface area contributed by atoms with Crippen molar-refractivity contribution in [2.75, 3.05) is 18.8 Å². The summed E-state index contributed by atoms with van der Waals surface area (Å²) >= 11 is 0. The van der Waals surface area contributed by atoms with Crippen molar-refractivity contribution in [1.82, 2.24) is 10.0 Å². The Kier molecular flexibility index (Phi) is 4.47. The van der Waals surface area contributed by atoms with E-state index in [0.29, 0.717) is 5.69 Å². The van der Waals surface area contributed by atoms with Crippen molar-refractivity contribution in [3.8, 4) is 0 Å². The van der Waals surface area contributed by atoms with Gasteiger partial charge >= 0.3 is 0 Å². The Morgan fingerprint density at radius 3 is 2.35 bits per heavy atom. The van der Waals surface area contributed by atoms with Gasteiger partial charge in [0.1, 0.15) is 0 Å². The summed E-state index contributed by atoms with van der Waals surface area (Å²) in [6.07, 6.45) is 0. The number of anilines is 1. The summed E-state index contributed by atoms with van der Waals surface area (Å²) in [6, 6.07) is 5.89. The highest BCUT2D eigenvalue weighted by molar-refractivity contribution is 7.89. The summed E-state index contributed by atoms with van der Waals surface area (Å²) in [7, 11) is -3.53. The number of amides is 1. The summed E-state index contributed by atoms with van der Waals surface area (Å²) in [5.41, 5.74) is 5.96. The second kappa shape index (κ2) is 5.65. The highest BCUT2D eigenvalue weighted by Crippen LogP contribution is 2.10. The lowest BCUT2D eigenvalue weighted by atomic mass is 10.3. The van der Waals surface area contributed by atoms with Crippen molar-refractivity contribution < 1.29 is 13.2 Å². The van der Waals surface area contributed by atoms with Gasteiger partial charge < -0.3 is 11.1 Å². The van der Waals surface area contributed by atoms with E-state index in [4.69, 9.17) is 5.73 Å². The molecule has 0 bridgehead atoms. The van der Waals surface area contributed by atoms with E-state index in [0.717, 1.165) is 0 Å². The Hall–Kier alpha value is -1.60. The lowest BCUT2D eigenvalue weighted by Gasteiger charge is -2.07. The first-order valence-corrected chi connectivity index (χ1v) is 6.50. The Labute approximate surface area is 100 Å². The van der Waals surface area contributed by atoms with Crippen LogP contribution >= 0.6 is 0 Å². The van der Waals surface area contributed by atoms with Gasteiger partial charge in [-0.1, -0.05) is 0 Å². The predicted molar refractivity (Wildman–Crippen MR) is 64.7 cm³/mol. The van der Waals surface area contributed by atoms with Gasteiger partial charge in [0.05, 0.1) is 4.90 Å². The zero-order valence-electron chi connectivity index (χ0n) is 9.43. The van der Waals surface area contributed by atoms with E-state index in [1.807, 2.05) is 0 Å². The van der Waals surface area contributed by atoms with Gasteiger partial charge in [-0.25, -0.2) is 13.1 Å². The number of carbonyl (C=O) groups excluding carboxylic acids is 1. The second-order valence-electron chi connectivity index (χ2n) is 3.45. The summed E-state index contributed by atoms with van der Waals surface area (Å²) < 4.78 is 25.8. The molecule has 0 aliphatic heterocycles. The fourth-order valence-corrected chi connectivity index (χ4v) is 2.19. The summed E-state index contributed by atoms with van der Waals surface area (Å²) in [5.74, 6) is -0.198. The molecule has 4 N–H and O–H groups in total. The smallest absolute Gasteiger partial charge is 0.240 e. The maximum Gasteiger partial charge on any atom is 0.240 e. The topological polar surface area (TPSA) is 101 Å². The third-order valence-electron chi connectivity index (χ3n) is 1.98. The molecule has 0 saturated heterocycles. The molecule has 1 rings (SSSR count). The second-order valence-corrected chi connectivity index (χ2v) is 5.22. The first-order chi connectivity index (χ1) is 7.92. The minimum atomic E-state index is -3.53. The van der Waals surface area contributed by atoms with Gasteiger partial charge in [-0.3, -0.25) is 4.79 Å². The molecule has 0 heterocycles. The quantitative estimate of drug-likeness (QED) is 0.497. The van der Waals surface area contributed by atoms with Gasteiger partial charge in [-0.15, -0.1) is 0 Å².